The zero-order valence-corrected chi connectivity index (χ0v) is 12.4. The average molecular weight is 269 g/mol. The van der Waals surface area contributed by atoms with Gasteiger partial charge in [-0.25, -0.2) is 0 Å². The zero-order valence-electron chi connectivity index (χ0n) is 11.6. The summed E-state index contributed by atoms with van der Waals surface area (Å²) in [5, 5.41) is 3.60. The molecule has 0 aromatic heterocycles. The fourth-order valence-electron chi connectivity index (χ4n) is 3.76. The van der Waals surface area contributed by atoms with E-state index in [4.69, 9.17) is 4.74 Å². The topological polar surface area (TPSA) is 21.3 Å². The molecular weight excluding hydrogens is 242 g/mol. The van der Waals surface area contributed by atoms with Gasteiger partial charge in [-0.15, -0.1) is 0 Å². The lowest BCUT2D eigenvalue weighted by atomic mass is 9.77. The lowest BCUT2D eigenvalue weighted by Crippen LogP contribution is -2.48. The number of ether oxygens (including phenoxy) is 1. The molecule has 0 aromatic carbocycles. The van der Waals surface area contributed by atoms with Crippen molar-refractivity contribution in [3.63, 3.8) is 0 Å². The number of hydrogen-bond acceptors (Lipinski definition) is 3. The Morgan fingerprint density at radius 3 is 2.72 bits per heavy atom. The van der Waals surface area contributed by atoms with Gasteiger partial charge in [0.25, 0.3) is 0 Å². The highest BCUT2D eigenvalue weighted by molar-refractivity contribution is 7.99. The lowest BCUT2D eigenvalue weighted by Gasteiger charge is -2.45. The Balaban J connectivity index is 1.60. The number of hydrogen-bond donors (Lipinski definition) is 1. The summed E-state index contributed by atoms with van der Waals surface area (Å²) in [5.74, 6) is 4.50. The van der Waals surface area contributed by atoms with E-state index in [1.807, 2.05) is 0 Å². The molecule has 0 aromatic rings. The summed E-state index contributed by atoms with van der Waals surface area (Å²) in [6, 6.07) is 0.743. The van der Waals surface area contributed by atoms with E-state index in [0.717, 1.165) is 24.5 Å². The Hall–Kier alpha value is 0.270. The molecule has 104 valence electrons. The minimum absolute atomic E-state index is 0.257. The highest BCUT2D eigenvalue weighted by Gasteiger charge is 2.41. The molecule has 1 spiro atoms. The summed E-state index contributed by atoms with van der Waals surface area (Å²) in [5.41, 5.74) is 0.257. The summed E-state index contributed by atoms with van der Waals surface area (Å²) in [7, 11) is 2.16. The van der Waals surface area contributed by atoms with Gasteiger partial charge >= 0.3 is 0 Å². The first-order valence-electron chi connectivity index (χ1n) is 7.70. The van der Waals surface area contributed by atoms with Gasteiger partial charge in [0.2, 0.25) is 0 Å². The van der Waals surface area contributed by atoms with E-state index in [0.29, 0.717) is 0 Å². The summed E-state index contributed by atoms with van der Waals surface area (Å²) in [6.07, 6.45) is 9.51. The van der Waals surface area contributed by atoms with Crippen molar-refractivity contribution >= 4 is 11.8 Å². The molecule has 3 rings (SSSR count). The van der Waals surface area contributed by atoms with Crippen LogP contribution in [-0.2, 0) is 4.74 Å². The van der Waals surface area contributed by atoms with Gasteiger partial charge in [-0.1, -0.05) is 12.8 Å². The maximum absolute atomic E-state index is 6.21. The summed E-state index contributed by atoms with van der Waals surface area (Å²) < 4.78 is 6.21. The van der Waals surface area contributed by atoms with Crippen LogP contribution in [0.1, 0.15) is 44.9 Å². The number of nitrogens with one attached hydrogen (secondary N) is 1. The van der Waals surface area contributed by atoms with Gasteiger partial charge in [0.05, 0.1) is 5.60 Å². The fraction of sp³-hybridized carbons (Fsp3) is 1.00. The van der Waals surface area contributed by atoms with Crippen LogP contribution in [0.4, 0.5) is 0 Å². The summed E-state index contributed by atoms with van der Waals surface area (Å²) in [4.78, 5) is 0. The third kappa shape index (κ3) is 3.05. The Bertz CT molecular complexity index is 268. The van der Waals surface area contributed by atoms with Crippen LogP contribution >= 0.6 is 11.8 Å². The minimum atomic E-state index is 0.257. The molecule has 3 fully saturated rings. The Labute approximate surface area is 116 Å². The van der Waals surface area contributed by atoms with Gasteiger partial charge in [0, 0.05) is 12.6 Å². The second kappa shape index (κ2) is 5.72. The van der Waals surface area contributed by atoms with Crippen molar-refractivity contribution in [2.24, 2.45) is 11.8 Å². The standard InChI is InChI=1S/C15H27NOS/c1-16-14(10-12-2-3-12)13-4-7-17-15(11-13)5-8-18-9-6-15/h12-14,16H,2-11H2,1H3. The zero-order chi connectivity index (χ0) is 12.4. The largest absolute Gasteiger partial charge is 0.375 e. The van der Waals surface area contributed by atoms with Crippen LogP contribution in [0, 0.1) is 11.8 Å². The molecule has 3 heteroatoms. The maximum Gasteiger partial charge on any atom is 0.0701 e. The molecule has 1 saturated carbocycles. The van der Waals surface area contributed by atoms with Crippen molar-refractivity contribution in [1.29, 1.82) is 0 Å². The lowest BCUT2D eigenvalue weighted by molar-refractivity contribution is -0.107. The SMILES string of the molecule is CNC(CC1CC1)C1CCOC2(CCSCC2)C1. The molecule has 18 heavy (non-hydrogen) atoms. The highest BCUT2D eigenvalue weighted by Crippen LogP contribution is 2.43. The third-order valence-electron chi connectivity index (χ3n) is 5.16. The van der Waals surface area contributed by atoms with Crippen molar-refractivity contribution < 1.29 is 4.74 Å². The Kier molecular flexibility index (Phi) is 4.21. The first-order chi connectivity index (χ1) is 8.81. The molecule has 0 radical (unpaired) electrons. The first-order valence-corrected chi connectivity index (χ1v) is 8.86. The van der Waals surface area contributed by atoms with Gasteiger partial charge in [-0.3, -0.25) is 0 Å². The van der Waals surface area contributed by atoms with Crippen molar-refractivity contribution in [3.8, 4) is 0 Å². The summed E-state index contributed by atoms with van der Waals surface area (Å²) >= 11 is 2.10. The van der Waals surface area contributed by atoms with Crippen LogP contribution < -0.4 is 5.32 Å². The molecule has 1 aliphatic carbocycles. The molecule has 2 heterocycles. The fourth-order valence-corrected chi connectivity index (χ4v) is 5.00. The van der Waals surface area contributed by atoms with Crippen LogP contribution in [-0.4, -0.2) is 36.8 Å². The third-order valence-corrected chi connectivity index (χ3v) is 6.14. The molecule has 2 aliphatic heterocycles. The predicted octanol–water partition coefficient (Wildman–Crippen LogP) is 3.07. The predicted molar refractivity (Wildman–Crippen MR) is 78.2 cm³/mol. The van der Waals surface area contributed by atoms with Gasteiger partial charge < -0.3 is 10.1 Å². The first kappa shape index (κ1) is 13.3. The van der Waals surface area contributed by atoms with E-state index < -0.39 is 0 Å². The maximum atomic E-state index is 6.21. The molecule has 1 N–H and O–H groups in total. The van der Waals surface area contributed by atoms with Crippen molar-refractivity contribution in [2.45, 2.75) is 56.6 Å². The number of thioether (sulfide) groups is 1. The molecule has 0 bridgehead atoms. The highest BCUT2D eigenvalue weighted by atomic mass is 32.2. The molecule has 2 unspecified atom stereocenters. The molecule has 2 saturated heterocycles. The second-order valence-electron chi connectivity index (χ2n) is 6.47. The van der Waals surface area contributed by atoms with Crippen LogP contribution in [0.15, 0.2) is 0 Å². The Morgan fingerprint density at radius 1 is 1.28 bits per heavy atom. The molecular formula is C15H27NOS. The summed E-state index contributed by atoms with van der Waals surface area (Å²) in [6.45, 7) is 0.998. The average Bonchev–Trinajstić information content (AvgIpc) is 3.21. The number of rotatable bonds is 4. The van der Waals surface area contributed by atoms with E-state index in [-0.39, 0.29) is 5.60 Å². The quantitative estimate of drug-likeness (QED) is 0.847. The van der Waals surface area contributed by atoms with Crippen LogP contribution in [0.3, 0.4) is 0 Å². The van der Waals surface area contributed by atoms with Crippen LogP contribution in [0.5, 0.6) is 0 Å². The van der Waals surface area contributed by atoms with E-state index in [9.17, 15) is 0 Å². The van der Waals surface area contributed by atoms with Gasteiger partial charge in [0.15, 0.2) is 0 Å². The molecule has 2 atom stereocenters. The Morgan fingerprint density at radius 2 is 2.06 bits per heavy atom. The molecule has 2 nitrogen and oxygen atoms in total. The van der Waals surface area contributed by atoms with Crippen molar-refractivity contribution in [1.82, 2.24) is 5.32 Å². The monoisotopic (exact) mass is 269 g/mol. The molecule has 3 aliphatic rings. The van der Waals surface area contributed by atoms with Crippen molar-refractivity contribution in [2.75, 3.05) is 25.2 Å². The van der Waals surface area contributed by atoms with Crippen LogP contribution in [0.2, 0.25) is 0 Å². The van der Waals surface area contributed by atoms with Gasteiger partial charge in [-0.2, -0.15) is 11.8 Å². The van der Waals surface area contributed by atoms with Crippen LogP contribution in [0.25, 0.3) is 0 Å². The van der Waals surface area contributed by atoms with Gasteiger partial charge in [-0.05, 0) is 62.5 Å². The van der Waals surface area contributed by atoms with E-state index in [2.05, 4.69) is 24.1 Å². The van der Waals surface area contributed by atoms with E-state index in [1.54, 1.807) is 0 Å². The molecule has 0 amide bonds. The minimum Gasteiger partial charge on any atom is -0.375 e. The van der Waals surface area contributed by atoms with E-state index >= 15 is 0 Å². The van der Waals surface area contributed by atoms with Gasteiger partial charge in [0.1, 0.15) is 0 Å². The smallest absolute Gasteiger partial charge is 0.0701 e. The van der Waals surface area contributed by atoms with Crippen molar-refractivity contribution in [3.05, 3.63) is 0 Å². The second-order valence-corrected chi connectivity index (χ2v) is 7.70. The normalized spacial score (nSPS) is 33.5. The van der Waals surface area contributed by atoms with E-state index in [1.165, 1.54) is 56.5 Å².